The van der Waals surface area contributed by atoms with Crippen molar-refractivity contribution in [1.29, 1.82) is 0 Å². The Labute approximate surface area is 102 Å². The topological polar surface area (TPSA) is 56.5 Å². The van der Waals surface area contributed by atoms with Gasteiger partial charge in [0, 0.05) is 12.7 Å². The molecule has 0 saturated carbocycles. The van der Waals surface area contributed by atoms with Crippen LogP contribution in [-0.4, -0.2) is 25.4 Å². The van der Waals surface area contributed by atoms with Gasteiger partial charge in [-0.15, -0.1) is 0 Å². The molecule has 0 bridgehead atoms. The first-order chi connectivity index (χ1) is 8.05. The first kappa shape index (κ1) is 12.0. The third kappa shape index (κ3) is 2.31. The summed E-state index contributed by atoms with van der Waals surface area (Å²) < 4.78 is 10.8. The van der Waals surface area contributed by atoms with Gasteiger partial charge in [-0.2, -0.15) is 0 Å². The van der Waals surface area contributed by atoms with Crippen LogP contribution in [0.25, 0.3) is 0 Å². The van der Waals surface area contributed by atoms with E-state index in [4.69, 9.17) is 15.2 Å². The fourth-order valence-electron chi connectivity index (χ4n) is 2.08. The number of nitrogens with one attached hydrogen (secondary N) is 1. The third-order valence-electron chi connectivity index (χ3n) is 3.57. The van der Waals surface area contributed by atoms with Crippen molar-refractivity contribution in [2.75, 3.05) is 24.8 Å². The quantitative estimate of drug-likeness (QED) is 0.790. The van der Waals surface area contributed by atoms with Crippen LogP contribution in [0.15, 0.2) is 18.2 Å². The molecule has 17 heavy (non-hydrogen) atoms. The highest BCUT2D eigenvalue weighted by Crippen LogP contribution is 2.33. The first-order valence-electron chi connectivity index (χ1n) is 5.88. The summed E-state index contributed by atoms with van der Waals surface area (Å²) in [6.07, 6.45) is 1.15. The van der Waals surface area contributed by atoms with Gasteiger partial charge in [0.2, 0.25) is 0 Å². The number of hydrogen-bond donors (Lipinski definition) is 2. The summed E-state index contributed by atoms with van der Waals surface area (Å²) in [5.41, 5.74) is 7.53. The smallest absolute Gasteiger partial charge is 0.121 e. The van der Waals surface area contributed by atoms with Crippen LogP contribution in [0.3, 0.4) is 0 Å². The predicted molar refractivity (Wildman–Crippen MR) is 69.5 cm³/mol. The normalized spacial score (nSPS) is 28.1. The van der Waals surface area contributed by atoms with E-state index >= 15 is 0 Å². The van der Waals surface area contributed by atoms with Crippen molar-refractivity contribution >= 4 is 11.4 Å². The Kier molecular flexibility index (Phi) is 3.15. The minimum Gasteiger partial charge on any atom is -0.497 e. The number of nitrogens with two attached hydrogens (primary N) is 1. The Morgan fingerprint density at radius 2 is 2.29 bits per heavy atom. The molecule has 2 atom stereocenters. The second-order valence-corrected chi connectivity index (χ2v) is 4.76. The minimum atomic E-state index is -0.0690. The number of anilines is 2. The lowest BCUT2D eigenvalue weighted by Crippen LogP contribution is -2.41. The van der Waals surface area contributed by atoms with E-state index in [1.54, 1.807) is 7.11 Å². The van der Waals surface area contributed by atoms with Gasteiger partial charge >= 0.3 is 0 Å². The van der Waals surface area contributed by atoms with Crippen LogP contribution in [-0.2, 0) is 4.74 Å². The first-order valence-corrected chi connectivity index (χ1v) is 5.88. The monoisotopic (exact) mass is 236 g/mol. The van der Waals surface area contributed by atoms with Crippen molar-refractivity contribution < 1.29 is 9.47 Å². The van der Waals surface area contributed by atoms with Crippen LogP contribution in [0.1, 0.15) is 20.3 Å². The number of hydrogen-bond acceptors (Lipinski definition) is 4. The van der Waals surface area contributed by atoms with Gasteiger partial charge in [-0.25, -0.2) is 0 Å². The van der Waals surface area contributed by atoms with Crippen LogP contribution in [0.4, 0.5) is 11.4 Å². The van der Waals surface area contributed by atoms with Crippen LogP contribution in [0.2, 0.25) is 0 Å². The molecule has 4 heteroatoms. The molecule has 3 N–H and O–H groups in total. The molecule has 94 valence electrons. The van der Waals surface area contributed by atoms with E-state index in [-0.39, 0.29) is 11.6 Å². The van der Waals surface area contributed by atoms with Crippen molar-refractivity contribution in [3.8, 4) is 5.75 Å². The molecule has 0 aliphatic carbocycles. The Morgan fingerprint density at radius 1 is 1.53 bits per heavy atom. The van der Waals surface area contributed by atoms with Crippen molar-refractivity contribution in [2.24, 2.45) is 0 Å². The highest BCUT2D eigenvalue weighted by Gasteiger charge is 2.37. The zero-order valence-electron chi connectivity index (χ0n) is 10.6. The molecule has 1 aromatic rings. The lowest BCUT2D eigenvalue weighted by Gasteiger charge is -2.30. The lowest BCUT2D eigenvalue weighted by molar-refractivity contribution is 0.105. The van der Waals surface area contributed by atoms with E-state index in [1.165, 1.54) is 0 Å². The van der Waals surface area contributed by atoms with Crippen LogP contribution in [0, 0.1) is 0 Å². The maximum absolute atomic E-state index is 5.97. The van der Waals surface area contributed by atoms with Crippen molar-refractivity contribution in [2.45, 2.75) is 31.9 Å². The largest absolute Gasteiger partial charge is 0.497 e. The fourth-order valence-corrected chi connectivity index (χ4v) is 2.08. The third-order valence-corrected chi connectivity index (χ3v) is 3.57. The zero-order valence-corrected chi connectivity index (χ0v) is 10.6. The van der Waals surface area contributed by atoms with Gasteiger partial charge in [0.25, 0.3) is 0 Å². The number of benzene rings is 1. The summed E-state index contributed by atoms with van der Waals surface area (Å²) in [7, 11) is 1.65. The minimum absolute atomic E-state index is 0.0690. The Balaban J connectivity index is 2.23. The van der Waals surface area contributed by atoms with Gasteiger partial charge in [-0.05, 0) is 32.4 Å². The average Bonchev–Trinajstić information content (AvgIpc) is 2.62. The molecule has 0 aromatic heterocycles. The van der Waals surface area contributed by atoms with Crippen LogP contribution < -0.4 is 15.8 Å². The van der Waals surface area contributed by atoms with Gasteiger partial charge < -0.3 is 20.5 Å². The van der Waals surface area contributed by atoms with Crippen LogP contribution >= 0.6 is 0 Å². The zero-order chi connectivity index (χ0) is 12.5. The molecule has 0 amide bonds. The summed E-state index contributed by atoms with van der Waals surface area (Å²) in [6.45, 7) is 5.02. The summed E-state index contributed by atoms with van der Waals surface area (Å²) in [6, 6.07) is 5.63. The van der Waals surface area contributed by atoms with E-state index in [9.17, 15) is 0 Å². The number of rotatable bonds is 3. The SMILES string of the molecule is COc1ccc(N)c(NC2(C)CCOC2C)c1. The maximum atomic E-state index is 5.97. The number of methoxy groups -OCH3 is 1. The van der Waals surface area contributed by atoms with Gasteiger partial charge in [-0.1, -0.05) is 0 Å². The molecular weight excluding hydrogens is 216 g/mol. The molecule has 0 spiro atoms. The van der Waals surface area contributed by atoms with Gasteiger partial charge in [0.05, 0.1) is 30.1 Å². The van der Waals surface area contributed by atoms with Crippen molar-refractivity contribution in [3.05, 3.63) is 18.2 Å². The molecule has 0 radical (unpaired) electrons. The summed E-state index contributed by atoms with van der Waals surface area (Å²) in [4.78, 5) is 0. The second-order valence-electron chi connectivity index (χ2n) is 4.76. The lowest BCUT2D eigenvalue weighted by atomic mass is 9.94. The van der Waals surface area contributed by atoms with Crippen molar-refractivity contribution in [1.82, 2.24) is 0 Å². The molecule has 2 unspecified atom stereocenters. The van der Waals surface area contributed by atoms with Gasteiger partial charge in [-0.3, -0.25) is 0 Å². The highest BCUT2D eigenvalue weighted by molar-refractivity contribution is 5.69. The summed E-state index contributed by atoms with van der Waals surface area (Å²) >= 11 is 0. The molecular formula is C13H20N2O2. The van der Waals surface area contributed by atoms with Gasteiger partial charge in [0.15, 0.2) is 0 Å². The molecule has 1 fully saturated rings. The standard InChI is InChI=1S/C13H20N2O2/c1-9-13(2,6-7-17-9)15-12-8-10(16-3)4-5-11(12)14/h4-5,8-9,15H,6-7,14H2,1-3H3. The molecule has 1 heterocycles. The molecule has 2 rings (SSSR count). The predicted octanol–water partition coefficient (Wildman–Crippen LogP) is 2.26. The van der Waals surface area contributed by atoms with E-state index < -0.39 is 0 Å². The Bertz CT molecular complexity index is 408. The second kappa shape index (κ2) is 4.45. The summed E-state index contributed by atoms with van der Waals surface area (Å²) in [5, 5.41) is 3.48. The molecule has 4 nitrogen and oxygen atoms in total. The van der Waals surface area contributed by atoms with E-state index in [0.717, 1.165) is 30.2 Å². The van der Waals surface area contributed by atoms with E-state index in [2.05, 4.69) is 19.2 Å². The fraction of sp³-hybridized carbons (Fsp3) is 0.538. The maximum Gasteiger partial charge on any atom is 0.121 e. The molecule has 1 aliphatic heterocycles. The summed E-state index contributed by atoms with van der Waals surface area (Å²) in [5.74, 6) is 0.803. The Hall–Kier alpha value is -1.42. The molecule has 1 aliphatic rings. The molecule has 1 aromatic carbocycles. The van der Waals surface area contributed by atoms with Gasteiger partial charge in [0.1, 0.15) is 5.75 Å². The number of nitrogen functional groups attached to an aromatic ring is 1. The van der Waals surface area contributed by atoms with E-state index in [1.807, 2.05) is 18.2 Å². The highest BCUT2D eigenvalue weighted by atomic mass is 16.5. The van der Waals surface area contributed by atoms with Crippen molar-refractivity contribution in [3.63, 3.8) is 0 Å². The van der Waals surface area contributed by atoms with Crippen LogP contribution in [0.5, 0.6) is 5.75 Å². The number of ether oxygens (including phenoxy) is 2. The van der Waals surface area contributed by atoms with E-state index in [0.29, 0.717) is 0 Å². The molecule has 1 saturated heterocycles. The Morgan fingerprint density at radius 3 is 2.88 bits per heavy atom. The average molecular weight is 236 g/mol.